The van der Waals surface area contributed by atoms with E-state index in [1.807, 2.05) is 0 Å². The summed E-state index contributed by atoms with van der Waals surface area (Å²) < 4.78 is 17.0. The number of hydrogen-bond acceptors (Lipinski definition) is 6. The maximum absolute atomic E-state index is 13.0. The van der Waals surface area contributed by atoms with E-state index >= 15 is 0 Å². The van der Waals surface area contributed by atoms with Crippen LogP contribution in [-0.4, -0.2) is 37.2 Å². The number of hydrogen-bond donors (Lipinski definition) is 0. The molecule has 0 aliphatic rings. The maximum Gasteiger partial charge on any atom is 0.306 e. The Morgan fingerprint density at radius 2 is 0.470 bits per heavy atom. The Bertz CT molecular complexity index is 1430. The predicted octanol–water partition coefficient (Wildman–Crippen LogP) is 25.7. The van der Waals surface area contributed by atoms with Gasteiger partial charge in [-0.3, -0.25) is 14.4 Å². The van der Waals surface area contributed by atoms with Gasteiger partial charge in [0, 0.05) is 19.3 Å². The first-order chi connectivity index (χ1) is 41.0. The third-order valence-electron chi connectivity index (χ3n) is 16.8. The first kappa shape index (κ1) is 80.4. The summed E-state index contributed by atoms with van der Waals surface area (Å²) in [7, 11) is 0. The molecule has 0 aromatic rings. The van der Waals surface area contributed by atoms with E-state index in [1.54, 1.807) is 0 Å². The van der Waals surface area contributed by atoms with Crippen molar-refractivity contribution in [2.45, 2.75) is 412 Å². The predicted molar refractivity (Wildman–Crippen MR) is 362 cm³/mol. The van der Waals surface area contributed by atoms with Gasteiger partial charge in [-0.15, -0.1) is 0 Å². The third-order valence-corrected chi connectivity index (χ3v) is 16.8. The lowest BCUT2D eigenvalue weighted by atomic mass is 10.0. The van der Waals surface area contributed by atoms with E-state index in [0.717, 1.165) is 83.5 Å². The van der Waals surface area contributed by atoms with Crippen molar-refractivity contribution >= 4 is 17.9 Å². The fourth-order valence-corrected chi connectivity index (χ4v) is 11.3. The summed E-state index contributed by atoms with van der Waals surface area (Å²) in [5.41, 5.74) is 0. The summed E-state index contributed by atoms with van der Waals surface area (Å²) in [6.07, 6.45) is 91.5. The van der Waals surface area contributed by atoms with Gasteiger partial charge in [0.05, 0.1) is 0 Å². The number of carbonyl (C=O) groups excluding carboxylic acids is 3. The van der Waals surface area contributed by atoms with E-state index < -0.39 is 6.10 Å². The summed E-state index contributed by atoms with van der Waals surface area (Å²) in [6.45, 7) is 6.61. The average molecular weight is 1160 g/mol. The van der Waals surface area contributed by atoms with Crippen LogP contribution in [0.15, 0.2) is 48.6 Å². The van der Waals surface area contributed by atoms with Crippen molar-refractivity contribution in [2.24, 2.45) is 0 Å². The minimum atomic E-state index is -0.768. The normalized spacial score (nSPS) is 12.3. The molecule has 0 aromatic heterocycles. The lowest BCUT2D eigenvalue weighted by Crippen LogP contribution is -2.30. The molecule has 0 rings (SSSR count). The Labute approximate surface area is 518 Å². The minimum Gasteiger partial charge on any atom is -0.462 e. The molecule has 0 aliphatic heterocycles. The zero-order chi connectivity index (χ0) is 59.9. The van der Waals surface area contributed by atoms with Crippen LogP contribution in [0.25, 0.3) is 0 Å². The molecule has 0 aromatic carbocycles. The number of allylic oxidation sites excluding steroid dienone is 8. The smallest absolute Gasteiger partial charge is 0.306 e. The van der Waals surface area contributed by atoms with Gasteiger partial charge in [-0.1, -0.05) is 378 Å². The van der Waals surface area contributed by atoms with Crippen LogP contribution in [0, 0.1) is 0 Å². The molecule has 83 heavy (non-hydrogen) atoms. The van der Waals surface area contributed by atoms with Gasteiger partial charge >= 0.3 is 17.9 Å². The zero-order valence-corrected chi connectivity index (χ0v) is 56.0. The fourth-order valence-electron chi connectivity index (χ4n) is 11.3. The quantitative estimate of drug-likeness (QED) is 0.0261. The van der Waals surface area contributed by atoms with E-state index in [0.29, 0.717) is 19.3 Å². The Hall–Kier alpha value is -2.63. The molecule has 0 bridgehead atoms. The lowest BCUT2D eigenvalue weighted by Gasteiger charge is -2.18. The number of unbranched alkanes of at least 4 members (excludes halogenated alkanes) is 50. The molecule has 0 saturated carbocycles. The Morgan fingerprint density at radius 1 is 0.253 bits per heavy atom. The molecular weight excluding hydrogens is 1020 g/mol. The topological polar surface area (TPSA) is 78.9 Å². The highest BCUT2D eigenvalue weighted by atomic mass is 16.6. The van der Waals surface area contributed by atoms with Crippen molar-refractivity contribution in [1.82, 2.24) is 0 Å². The summed E-state index contributed by atoms with van der Waals surface area (Å²) in [5, 5.41) is 0. The Balaban J connectivity index is 4.17. The molecule has 6 nitrogen and oxygen atoms in total. The average Bonchev–Trinajstić information content (AvgIpc) is 3.49. The highest BCUT2D eigenvalue weighted by molar-refractivity contribution is 5.71. The number of carbonyl (C=O) groups is 3. The SMILES string of the molecule is CC/C=C\C/C=C\C/C=C\C/C=C\CCCCCCCCCCCCCCCCCCCCC(=O)OCC(COC(=O)CCCCCCCCCCCCCCCC)OC(=O)CCCCCCCCCCCCCCCCCCCCCC. The van der Waals surface area contributed by atoms with Crippen molar-refractivity contribution in [2.75, 3.05) is 13.2 Å². The monoisotopic (exact) mass is 1160 g/mol. The molecule has 0 amide bonds. The van der Waals surface area contributed by atoms with Gasteiger partial charge in [0.15, 0.2) is 6.10 Å². The van der Waals surface area contributed by atoms with Crippen LogP contribution in [0.1, 0.15) is 406 Å². The molecule has 0 radical (unpaired) electrons. The number of rotatable bonds is 69. The number of ether oxygens (including phenoxy) is 3. The molecule has 0 spiro atoms. The van der Waals surface area contributed by atoms with Crippen LogP contribution in [0.5, 0.6) is 0 Å². The maximum atomic E-state index is 13.0. The van der Waals surface area contributed by atoms with Gasteiger partial charge in [-0.25, -0.2) is 0 Å². The van der Waals surface area contributed by atoms with E-state index in [9.17, 15) is 14.4 Å². The second-order valence-electron chi connectivity index (χ2n) is 25.2. The van der Waals surface area contributed by atoms with E-state index in [4.69, 9.17) is 14.2 Å². The largest absolute Gasteiger partial charge is 0.462 e. The first-order valence-corrected chi connectivity index (χ1v) is 37.1. The van der Waals surface area contributed by atoms with Crippen molar-refractivity contribution in [3.8, 4) is 0 Å². The van der Waals surface area contributed by atoms with Gasteiger partial charge in [0.2, 0.25) is 0 Å². The Kier molecular flexibility index (Phi) is 69.6. The van der Waals surface area contributed by atoms with Crippen molar-refractivity contribution in [1.29, 1.82) is 0 Å². The van der Waals surface area contributed by atoms with Crippen molar-refractivity contribution in [3.63, 3.8) is 0 Å². The molecule has 6 heteroatoms. The van der Waals surface area contributed by atoms with Gasteiger partial charge in [-0.2, -0.15) is 0 Å². The van der Waals surface area contributed by atoms with Crippen LogP contribution in [0.3, 0.4) is 0 Å². The molecule has 0 saturated heterocycles. The van der Waals surface area contributed by atoms with Crippen LogP contribution >= 0.6 is 0 Å². The molecule has 1 unspecified atom stereocenters. The van der Waals surface area contributed by atoms with Gasteiger partial charge in [0.1, 0.15) is 13.2 Å². The van der Waals surface area contributed by atoms with Gasteiger partial charge < -0.3 is 14.2 Å². The van der Waals surface area contributed by atoms with E-state index in [2.05, 4.69) is 69.4 Å². The minimum absolute atomic E-state index is 0.0645. The Morgan fingerprint density at radius 3 is 0.735 bits per heavy atom. The zero-order valence-electron chi connectivity index (χ0n) is 56.0. The van der Waals surface area contributed by atoms with E-state index in [1.165, 1.54) is 283 Å². The van der Waals surface area contributed by atoms with Crippen LogP contribution in [0.4, 0.5) is 0 Å². The van der Waals surface area contributed by atoms with Crippen molar-refractivity contribution < 1.29 is 28.6 Å². The summed E-state index contributed by atoms with van der Waals surface area (Å²) >= 11 is 0. The molecule has 1 atom stereocenters. The van der Waals surface area contributed by atoms with Crippen LogP contribution in [-0.2, 0) is 28.6 Å². The molecule has 0 N–H and O–H groups in total. The molecule has 0 aliphatic carbocycles. The summed E-state index contributed by atoms with van der Waals surface area (Å²) in [5.74, 6) is -0.830. The fraction of sp³-hybridized carbons (Fsp3) is 0.857. The summed E-state index contributed by atoms with van der Waals surface area (Å²) in [4.78, 5) is 38.5. The standard InChI is InChI=1S/C77H142O6/c1-4-7-10-13-16-19-22-25-28-30-32-34-35-36-37-38-39-40-41-42-43-44-46-47-49-52-55-58-61-64-67-70-76(79)82-73-74(72-81-75(78)69-66-63-60-57-54-51-27-24-21-18-15-12-9-6-3)83-77(80)71-68-65-62-59-56-53-50-48-45-33-31-29-26-23-20-17-14-11-8-5-2/h7,10,16,19,25,28,32,34,74H,4-6,8-9,11-15,17-18,20-24,26-27,29-31,33,35-73H2,1-3H3/b10-7-,19-16-,28-25-,34-32-. The lowest BCUT2D eigenvalue weighted by molar-refractivity contribution is -0.167. The second-order valence-corrected chi connectivity index (χ2v) is 25.2. The second kappa shape index (κ2) is 71.8. The van der Waals surface area contributed by atoms with Gasteiger partial charge in [-0.05, 0) is 57.8 Å². The highest BCUT2D eigenvalue weighted by Crippen LogP contribution is 2.19. The van der Waals surface area contributed by atoms with Crippen LogP contribution in [0.2, 0.25) is 0 Å². The third kappa shape index (κ3) is 70.0. The van der Waals surface area contributed by atoms with Crippen LogP contribution < -0.4 is 0 Å². The molecular formula is C77H142O6. The van der Waals surface area contributed by atoms with E-state index in [-0.39, 0.29) is 31.1 Å². The number of esters is 3. The molecule has 486 valence electrons. The highest BCUT2D eigenvalue weighted by Gasteiger charge is 2.20. The molecule has 0 fully saturated rings. The summed E-state index contributed by atoms with van der Waals surface area (Å²) in [6, 6.07) is 0. The van der Waals surface area contributed by atoms with Crippen molar-refractivity contribution in [3.05, 3.63) is 48.6 Å². The first-order valence-electron chi connectivity index (χ1n) is 37.1. The van der Waals surface area contributed by atoms with Gasteiger partial charge in [0.25, 0.3) is 0 Å². The molecule has 0 heterocycles.